The van der Waals surface area contributed by atoms with E-state index in [0.717, 1.165) is 0 Å². The molecule has 122 valence electrons. The fraction of sp³-hybridized carbons (Fsp3) is 0.0588. The zero-order valence-electron chi connectivity index (χ0n) is 13.0. The number of aromatic nitrogens is 5. The van der Waals surface area contributed by atoms with Gasteiger partial charge in [0, 0.05) is 12.3 Å². The first-order chi connectivity index (χ1) is 12.2. The van der Waals surface area contributed by atoms with Crippen LogP contribution in [0.2, 0.25) is 0 Å². The molecule has 8 nitrogen and oxygen atoms in total. The van der Waals surface area contributed by atoms with Gasteiger partial charge in [0.1, 0.15) is 17.6 Å². The van der Waals surface area contributed by atoms with Crippen LogP contribution in [-0.2, 0) is 0 Å². The van der Waals surface area contributed by atoms with E-state index in [4.69, 9.17) is 5.26 Å². The van der Waals surface area contributed by atoms with Crippen molar-refractivity contribution in [2.24, 2.45) is 0 Å². The van der Waals surface area contributed by atoms with Crippen LogP contribution in [0.25, 0.3) is 5.65 Å². The highest BCUT2D eigenvalue weighted by Gasteiger charge is 2.17. The van der Waals surface area contributed by atoms with Gasteiger partial charge in [-0.1, -0.05) is 12.1 Å². The highest BCUT2D eigenvalue weighted by atomic mass is 16.3. The maximum absolute atomic E-state index is 10.6. The molecule has 0 saturated carbocycles. The van der Waals surface area contributed by atoms with Gasteiger partial charge in [0.25, 0.3) is 0 Å². The van der Waals surface area contributed by atoms with Gasteiger partial charge in [-0.15, -0.1) is 0 Å². The van der Waals surface area contributed by atoms with E-state index in [-0.39, 0.29) is 5.82 Å². The van der Waals surface area contributed by atoms with Crippen LogP contribution >= 0.6 is 0 Å². The van der Waals surface area contributed by atoms with E-state index in [1.165, 1.54) is 0 Å². The number of aliphatic hydroxyl groups is 1. The molecule has 3 heterocycles. The quantitative estimate of drug-likeness (QED) is 0.528. The van der Waals surface area contributed by atoms with Gasteiger partial charge in [0.05, 0.1) is 17.8 Å². The van der Waals surface area contributed by atoms with Crippen LogP contribution in [0, 0.1) is 11.3 Å². The number of rotatable bonds is 4. The van der Waals surface area contributed by atoms with Gasteiger partial charge in [0.2, 0.25) is 5.95 Å². The van der Waals surface area contributed by atoms with E-state index >= 15 is 0 Å². The lowest BCUT2D eigenvalue weighted by Crippen LogP contribution is -2.11. The van der Waals surface area contributed by atoms with E-state index in [2.05, 4.69) is 31.6 Å². The van der Waals surface area contributed by atoms with E-state index in [9.17, 15) is 5.11 Å². The van der Waals surface area contributed by atoms with Crippen molar-refractivity contribution in [3.05, 3.63) is 71.8 Å². The molecule has 25 heavy (non-hydrogen) atoms. The Kier molecular flexibility index (Phi) is 3.61. The number of anilines is 2. The summed E-state index contributed by atoms with van der Waals surface area (Å²) in [6, 6.07) is 14.2. The molecule has 4 rings (SSSR count). The van der Waals surface area contributed by atoms with Gasteiger partial charge in [-0.2, -0.15) is 15.3 Å². The minimum atomic E-state index is -1.00. The Morgan fingerprint density at radius 3 is 2.72 bits per heavy atom. The Labute approximate surface area is 142 Å². The van der Waals surface area contributed by atoms with Crippen LogP contribution < -0.4 is 5.32 Å². The molecule has 0 fully saturated rings. The molecule has 3 N–H and O–H groups in total. The lowest BCUT2D eigenvalue weighted by Gasteiger charge is -2.13. The molecule has 0 radical (unpaired) electrons. The summed E-state index contributed by atoms with van der Waals surface area (Å²) < 4.78 is 1.77. The summed E-state index contributed by atoms with van der Waals surface area (Å²) in [5.41, 5.74) is 1.79. The maximum atomic E-state index is 10.6. The molecule has 8 heteroatoms. The minimum Gasteiger partial charge on any atom is -0.380 e. The second-order valence-corrected chi connectivity index (χ2v) is 5.37. The molecule has 0 bridgehead atoms. The lowest BCUT2D eigenvalue weighted by molar-refractivity contribution is 0.210. The number of nitrogens with zero attached hydrogens (tertiary/aromatic N) is 5. The van der Waals surface area contributed by atoms with Crippen LogP contribution in [0.15, 0.2) is 54.9 Å². The minimum absolute atomic E-state index is 0.262. The number of hydrogen-bond acceptors (Lipinski definition) is 6. The largest absolute Gasteiger partial charge is 0.380 e. The van der Waals surface area contributed by atoms with Crippen LogP contribution in [0.3, 0.4) is 0 Å². The monoisotopic (exact) mass is 331 g/mol. The average Bonchev–Trinajstić information content (AvgIpc) is 3.32. The van der Waals surface area contributed by atoms with Crippen molar-refractivity contribution in [2.75, 3.05) is 5.32 Å². The van der Waals surface area contributed by atoms with Gasteiger partial charge in [-0.25, -0.2) is 4.98 Å². The van der Waals surface area contributed by atoms with E-state index < -0.39 is 6.10 Å². The number of hydrogen-bond donors (Lipinski definition) is 3. The standard InChI is InChI=1S/C17H13N7O/c18-10-11-3-5-12(6-4-11)15(25)16-21-14-2-1-9-24(14)17(22-16)20-13-7-8-19-23-13/h1-9,15,25H,(H2,19,20,21,22,23). The molecule has 0 aliphatic rings. The van der Waals surface area contributed by atoms with E-state index in [0.29, 0.717) is 28.5 Å². The molecule has 0 amide bonds. The third-order valence-corrected chi connectivity index (χ3v) is 3.75. The number of H-pyrrole nitrogens is 1. The summed E-state index contributed by atoms with van der Waals surface area (Å²) >= 11 is 0. The number of nitrogens with one attached hydrogen (secondary N) is 2. The third kappa shape index (κ3) is 2.80. The highest BCUT2D eigenvalue weighted by molar-refractivity contribution is 5.53. The molecule has 1 unspecified atom stereocenters. The van der Waals surface area contributed by atoms with Gasteiger partial charge >= 0.3 is 0 Å². The van der Waals surface area contributed by atoms with Crippen molar-refractivity contribution < 1.29 is 5.11 Å². The Bertz CT molecular complexity index is 1040. The first-order valence-electron chi connectivity index (χ1n) is 7.54. The zero-order chi connectivity index (χ0) is 17.2. The van der Waals surface area contributed by atoms with Crippen molar-refractivity contribution in [2.45, 2.75) is 6.10 Å². The Morgan fingerprint density at radius 1 is 1.16 bits per heavy atom. The maximum Gasteiger partial charge on any atom is 0.216 e. The van der Waals surface area contributed by atoms with Crippen molar-refractivity contribution in [1.82, 2.24) is 24.6 Å². The molecule has 0 saturated heterocycles. The molecule has 1 aromatic carbocycles. The van der Waals surface area contributed by atoms with Crippen LogP contribution in [-0.4, -0.2) is 29.7 Å². The molecule has 4 aromatic rings. The van der Waals surface area contributed by atoms with E-state index in [1.807, 2.05) is 18.3 Å². The molecule has 0 spiro atoms. The Balaban J connectivity index is 1.74. The first-order valence-corrected chi connectivity index (χ1v) is 7.54. The van der Waals surface area contributed by atoms with E-state index in [1.54, 1.807) is 40.9 Å². The van der Waals surface area contributed by atoms with Crippen molar-refractivity contribution in [3.8, 4) is 6.07 Å². The summed E-state index contributed by atoms with van der Waals surface area (Å²) in [7, 11) is 0. The molecule has 1 atom stereocenters. The number of nitriles is 1. The fourth-order valence-corrected chi connectivity index (χ4v) is 2.49. The van der Waals surface area contributed by atoms with Crippen molar-refractivity contribution in [3.63, 3.8) is 0 Å². The second kappa shape index (κ2) is 6.07. The second-order valence-electron chi connectivity index (χ2n) is 5.37. The number of aromatic amines is 1. The molecular formula is C17H13N7O. The van der Waals surface area contributed by atoms with Crippen LogP contribution in [0.4, 0.5) is 11.8 Å². The number of benzene rings is 1. The molecule has 0 aliphatic heterocycles. The topological polar surface area (TPSA) is 115 Å². The first kappa shape index (κ1) is 14.9. The predicted molar refractivity (Wildman–Crippen MR) is 90.1 cm³/mol. The lowest BCUT2D eigenvalue weighted by atomic mass is 10.1. The average molecular weight is 331 g/mol. The summed E-state index contributed by atoms with van der Waals surface area (Å²) in [5, 5.41) is 29.3. The summed E-state index contributed by atoms with van der Waals surface area (Å²) in [5.74, 6) is 1.44. The summed E-state index contributed by atoms with van der Waals surface area (Å²) in [6.07, 6.45) is 2.45. The van der Waals surface area contributed by atoms with Crippen LogP contribution in [0.5, 0.6) is 0 Å². The number of aliphatic hydroxyl groups excluding tert-OH is 1. The smallest absolute Gasteiger partial charge is 0.216 e. The molecular weight excluding hydrogens is 318 g/mol. The summed E-state index contributed by atoms with van der Waals surface area (Å²) in [4.78, 5) is 8.86. The molecule has 3 aromatic heterocycles. The zero-order valence-corrected chi connectivity index (χ0v) is 13.0. The van der Waals surface area contributed by atoms with Gasteiger partial charge in [-0.3, -0.25) is 9.50 Å². The van der Waals surface area contributed by atoms with Crippen LogP contribution in [0.1, 0.15) is 23.1 Å². The Morgan fingerprint density at radius 2 is 2.00 bits per heavy atom. The van der Waals surface area contributed by atoms with Crippen molar-refractivity contribution >= 4 is 17.4 Å². The molecule has 0 aliphatic carbocycles. The number of fused-ring (bicyclic) bond motifs is 1. The Hall–Kier alpha value is -3.70. The normalized spacial score (nSPS) is 12.0. The van der Waals surface area contributed by atoms with Gasteiger partial charge in [0.15, 0.2) is 5.82 Å². The highest BCUT2D eigenvalue weighted by Crippen LogP contribution is 2.22. The SMILES string of the molecule is N#Cc1ccc(C(O)c2nc(Nc3ccn[nH]3)n3cccc3n2)cc1. The van der Waals surface area contributed by atoms with Crippen molar-refractivity contribution in [1.29, 1.82) is 5.26 Å². The predicted octanol–water partition coefficient (Wildman–Crippen LogP) is 2.15. The van der Waals surface area contributed by atoms with Gasteiger partial charge in [-0.05, 0) is 29.8 Å². The van der Waals surface area contributed by atoms with Gasteiger partial charge < -0.3 is 10.4 Å². The summed E-state index contributed by atoms with van der Waals surface area (Å²) in [6.45, 7) is 0. The fourth-order valence-electron chi connectivity index (χ4n) is 2.49. The third-order valence-electron chi connectivity index (χ3n) is 3.75.